The van der Waals surface area contributed by atoms with Crippen molar-refractivity contribution in [1.82, 2.24) is 10.6 Å². The highest BCUT2D eigenvalue weighted by Gasteiger charge is 2.33. The van der Waals surface area contributed by atoms with E-state index in [2.05, 4.69) is 34.9 Å². The van der Waals surface area contributed by atoms with E-state index < -0.39 is 18.1 Å². The Labute approximate surface area is 206 Å². The Hall–Kier alpha value is -3.35. The number of benzene rings is 2. The number of nitrogens with one attached hydrogen (secondary N) is 2. The molecule has 0 radical (unpaired) electrons. The van der Waals surface area contributed by atoms with Crippen molar-refractivity contribution < 1.29 is 24.2 Å². The van der Waals surface area contributed by atoms with Crippen LogP contribution >= 0.6 is 0 Å². The van der Waals surface area contributed by atoms with Crippen molar-refractivity contribution >= 4 is 18.0 Å². The maximum absolute atomic E-state index is 12.7. The molecule has 0 heterocycles. The summed E-state index contributed by atoms with van der Waals surface area (Å²) in [6, 6.07) is 15.9. The van der Waals surface area contributed by atoms with Gasteiger partial charge >= 0.3 is 12.1 Å². The molecule has 0 aromatic heterocycles. The lowest BCUT2D eigenvalue weighted by Crippen LogP contribution is -2.43. The van der Waals surface area contributed by atoms with Gasteiger partial charge < -0.3 is 20.5 Å². The first-order chi connectivity index (χ1) is 16.8. The quantitative estimate of drug-likeness (QED) is 0.485. The number of alkyl carbamates (subject to hydrolysis) is 1. The first kappa shape index (κ1) is 24.8. The van der Waals surface area contributed by atoms with Gasteiger partial charge in [0.05, 0.1) is 6.42 Å². The minimum Gasteiger partial charge on any atom is -0.481 e. The van der Waals surface area contributed by atoms with Crippen molar-refractivity contribution in [3.8, 4) is 11.1 Å². The summed E-state index contributed by atoms with van der Waals surface area (Å²) in [5, 5.41) is 14.9. The van der Waals surface area contributed by atoms with Gasteiger partial charge in [-0.2, -0.15) is 0 Å². The van der Waals surface area contributed by atoms with Crippen LogP contribution in [0.25, 0.3) is 11.1 Å². The summed E-state index contributed by atoms with van der Waals surface area (Å²) >= 11 is 0. The number of ether oxygens (including phenoxy) is 1. The number of carbonyl (C=O) groups is 3. The Bertz CT molecular complexity index is 1040. The largest absolute Gasteiger partial charge is 0.481 e. The van der Waals surface area contributed by atoms with Crippen LogP contribution in [0.4, 0.5) is 4.79 Å². The van der Waals surface area contributed by atoms with Gasteiger partial charge in [0, 0.05) is 24.4 Å². The molecule has 2 amide bonds. The molecule has 0 bridgehead atoms. The highest BCUT2D eigenvalue weighted by atomic mass is 16.5. The second kappa shape index (κ2) is 10.9. The van der Waals surface area contributed by atoms with Gasteiger partial charge in [-0.15, -0.1) is 0 Å². The maximum atomic E-state index is 12.7. The summed E-state index contributed by atoms with van der Waals surface area (Å²) in [5.41, 5.74) is 4.69. The zero-order chi connectivity index (χ0) is 24.9. The molecule has 0 unspecified atom stereocenters. The highest BCUT2D eigenvalue weighted by Crippen LogP contribution is 2.44. The Balaban J connectivity index is 1.31. The van der Waals surface area contributed by atoms with Crippen LogP contribution in [0, 0.1) is 11.8 Å². The summed E-state index contributed by atoms with van der Waals surface area (Å²) in [7, 11) is 0. The molecule has 35 heavy (non-hydrogen) atoms. The normalized spacial score (nSPS) is 19.6. The SMILES string of the molecule is CC(C)[C@@H](CC(=O)O)NC(=O)C[C@@H]1CCC[C@H]1NC(=O)OCC1c2ccccc2-c2ccccc21. The molecule has 0 saturated heterocycles. The van der Waals surface area contributed by atoms with Crippen molar-refractivity contribution in [2.24, 2.45) is 11.8 Å². The van der Waals surface area contributed by atoms with E-state index >= 15 is 0 Å². The Morgan fingerprint density at radius 2 is 1.63 bits per heavy atom. The second-order valence-electron chi connectivity index (χ2n) is 9.99. The average molecular weight is 479 g/mol. The fourth-order valence-electron chi connectivity index (χ4n) is 5.41. The molecule has 4 rings (SSSR count). The van der Waals surface area contributed by atoms with Gasteiger partial charge in [0.2, 0.25) is 5.91 Å². The molecule has 2 aromatic carbocycles. The molecule has 7 nitrogen and oxygen atoms in total. The number of hydrogen-bond acceptors (Lipinski definition) is 4. The summed E-state index contributed by atoms with van der Waals surface area (Å²) in [4.78, 5) is 36.4. The zero-order valence-electron chi connectivity index (χ0n) is 20.3. The maximum Gasteiger partial charge on any atom is 0.407 e. The standard InChI is InChI=1S/C28H34N2O5/c1-17(2)25(15-27(32)33)29-26(31)14-18-8-7-13-24(18)30-28(34)35-16-23-21-11-5-3-9-19(21)20-10-4-6-12-22(20)23/h3-6,9-12,17-18,23-25H,7-8,13-16H2,1-2H3,(H,29,31)(H,30,34)(H,32,33)/t18-,24+,25+/m0/s1. The van der Waals surface area contributed by atoms with E-state index in [1.807, 2.05) is 38.1 Å². The van der Waals surface area contributed by atoms with Crippen LogP contribution in [0.2, 0.25) is 0 Å². The molecule has 7 heteroatoms. The van der Waals surface area contributed by atoms with Gasteiger partial charge in [-0.25, -0.2) is 4.79 Å². The van der Waals surface area contributed by atoms with E-state index in [0.29, 0.717) is 0 Å². The Morgan fingerprint density at radius 3 is 2.23 bits per heavy atom. The third kappa shape index (κ3) is 5.84. The van der Waals surface area contributed by atoms with E-state index in [4.69, 9.17) is 9.84 Å². The monoisotopic (exact) mass is 478 g/mol. The molecule has 1 fully saturated rings. The predicted octanol–water partition coefficient (Wildman–Crippen LogP) is 4.70. The molecular formula is C28H34N2O5. The minimum absolute atomic E-state index is 0.000468. The van der Waals surface area contributed by atoms with Crippen LogP contribution in [-0.2, 0) is 14.3 Å². The van der Waals surface area contributed by atoms with E-state index in [0.717, 1.165) is 30.4 Å². The van der Waals surface area contributed by atoms with Crippen LogP contribution < -0.4 is 10.6 Å². The molecule has 2 aliphatic rings. The summed E-state index contributed by atoms with van der Waals surface area (Å²) < 4.78 is 5.68. The van der Waals surface area contributed by atoms with Crippen molar-refractivity contribution in [2.75, 3.05) is 6.61 Å². The van der Waals surface area contributed by atoms with Crippen molar-refractivity contribution in [1.29, 1.82) is 0 Å². The predicted molar refractivity (Wildman–Crippen MR) is 133 cm³/mol. The van der Waals surface area contributed by atoms with Gasteiger partial charge in [-0.05, 0) is 46.9 Å². The molecule has 0 aliphatic heterocycles. The lowest BCUT2D eigenvalue weighted by atomic mass is 9.97. The number of carbonyl (C=O) groups excluding carboxylic acids is 2. The van der Waals surface area contributed by atoms with Gasteiger partial charge in [0.15, 0.2) is 0 Å². The Morgan fingerprint density at radius 1 is 1.00 bits per heavy atom. The van der Waals surface area contributed by atoms with Crippen LogP contribution in [0.3, 0.4) is 0 Å². The van der Waals surface area contributed by atoms with Crippen LogP contribution in [-0.4, -0.2) is 41.8 Å². The lowest BCUT2D eigenvalue weighted by Gasteiger charge is -2.24. The summed E-state index contributed by atoms with van der Waals surface area (Å²) in [6.45, 7) is 4.04. The topological polar surface area (TPSA) is 105 Å². The Kier molecular flexibility index (Phi) is 7.73. The van der Waals surface area contributed by atoms with E-state index in [1.165, 1.54) is 11.1 Å². The van der Waals surface area contributed by atoms with E-state index in [-0.39, 0.29) is 49.2 Å². The van der Waals surface area contributed by atoms with E-state index in [9.17, 15) is 14.4 Å². The number of rotatable bonds is 9. The smallest absolute Gasteiger partial charge is 0.407 e. The average Bonchev–Trinajstić information content (AvgIpc) is 3.38. The fraction of sp³-hybridized carbons (Fsp3) is 0.464. The number of carboxylic acids is 1. The van der Waals surface area contributed by atoms with Crippen LogP contribution in [0.1, 0.15) is 63.0 Å². The third-order valence-corrected chi connectivity index (χ3v) is 7.30. The molecule has 3 atom stereocenters. The molecule has 2 aromatic rings. The number of fused-ring (bicyclic) bond motifs is 3. The minimum atomic E-state index is -0.931. The zero-order valence-corrected chi connectivity index (χ0v) is 20.3. The van der Waals surface area contributed by atoms with Crippen molar-refractivity contribution in [2.45, 2.75) is 64.0 Å². The molecule has 1 saturated carbocycles. The van der Waals surface area contributed by atoms with Gasteiger partial charge in [-0.1, -0.05) is 68.8 Å². The van der Waals surface area contributed by atoms with Gasteiger partial charge in [-0.3, -0.25) is 9.59 Å². The molecular weight excluding hydrogens is 444 g/mol. The van der Waals surface area contributed by atoms with Crippen molar-refractivity contribution in [3.63, 3.8) is 0 Å². The lowest BCUT2D eigenvalue weighted by molar-refractivity contribution is -0.138. The molecule has 3 N–H and O–H groups in total. The second-order valence-corrected chi connectivity index (χ2v) is 9.99. The van der Waals surface area contributed by atoms with E-state index in [1.54, 1.807) is 0 Å². The molecule has 2 aliphatic carbocycles. The number of amides is 2. The third-order valence-electron chi connectivity index (χ3n) is 7.30. The van der Waals surface area contributed by atoms with Crippen LogP contribution in [0.5, 0.6) is 0 Å². The highest BCUT2D eigenvalue weighted by molar-refractivity contribution is 5.79. The fourth-order valence-corrected chi connectivity index (χ4v) is 5.41. The summed E-state index contributed by atoms with van der Waals surface area (Å²) in [6.07, 6.45) is 2.26. The van der Waals surface area contributed by atoms with Crippen LogP contribution in [0.15, 0.2) is 48.5 Å². The summed E-state index contributed by atoms with van der Waals surface area (Å²) in [5.74, 6) is -1.07. The first-order valence-corrected chi connectivity index (χ1v) is 12.5. The first-order valence-electron chi connectivity index (χ1n) is 12.5. The van der Waals surface area contributed by atoms with Gasteiger partial charge in [0.25, 0.3) is 0 Å². The molecule has 186 valence electrons. The number of carboxylic acid groups (broad SMARTS) is 1. The van der Waals surface area contributed by atoms with Gasteiger partial charge in [0.1, 0.15) is 6.61 Å². The number of aliphatic carboxylic acids is 1. The molecule has 0 spiro atoms. The number of hydrogen-bond donors (Lipinski definition) is 3. The van der Waals surface area contributed by atoms with Crippen molar-refractivity contribution in [3.05, 3.63) is 59.7 Å².